The molecule has 0 saturated heterocycles. The highest BCUT2D eigenvalue weighted by atomic mass is 35.5. The number of hydrogen-bond acceptors (Lipinski definition) is 5. The van der Waals surface area contributed by atoms with Gasteiger partial charge in [-0.3, -0.25) is 4.84 Å². The van der Waals surface area contributed by atoms with Gasteiger partial charge in [-0.15, -0.1) is 10.2 Å². The molecule has 0 aliphatic carbocycles. The lowest BCUT2D eigenvalue weighted by Crippen LogP contribution is -2.26. The van der Waals surface area contributed by atoms with E-state index in [9.17, 15) is 0 Å². The summed E-state index contributed by atoms with van der Waals surface area (Å²) in [4.78, 5) is 2.45. The highest BCUT2D eigenvalue weighted by molar-refractivity contribution is 7.99. The standard InChI is InChI=1S/C8H12ClN5S/c1-8(2,3)5-4-15-7-12-11-6(10-9)14(7)13-5/h4H2,1-3H3,(H,10,11). The minimum atomic E-state index is 0.0541. The van der Waals surface area contributed by atoms with E-state index in [-0.39, 0.29) is 5.41 Å². The lowest BCUT2D eigenvalue weighted by molar-refractivity contribution is 0.574. The first-order valence-electron chi connectivity index (χ1n) is 4.55. The molecular weight excluding hydrogens is 234 g/mol. The van der Waals surface area contributed by atoms with Crippen molar-refractivity contribution in [1.82, 2.24) is 14.9 Å². The van der Waals surface area contributed by atoms with Crippen LogP contribution in [0.15, 0.2) is 10.3 Å². The van der Waals surface area contributed by atoms with E-state index in [0.717, 1.165) is 16.6 Å². The Bertz CT molecular complexity index is 406. The van der Waals surface area contributed by atoms with E-state index in [2.05, 4.69) is 40.9 Å². The van der Waals surface area contributed by atoms with Gasteiger partial charge in [-0.05, 0) is 0 Å². The number of rotatable bonds is 1. The van der Waals surface area contributed by atoms with Gasteiger partial charge in [0.05, 0.1) is 5.71 Å². The second kappa shape index (κ2) is 3.68. The Kier molecular flexibility index (Phi) is 2.64. The third-order valence-electron chi connectivity index (χ3n) is 2.12. The number of aromatic nitrogens is 3. The molecule has 0 aromatic carbocycles. The van der Waals surface area contributed by atoms with Crippen LogP contribution >= 0.6 is 23.5 Å². The molecule has 1 N–H and O–H groups in total. The highest BCUT2D eigenvalue weighted by Crippen LogP contribution is 2.29. The maximum absolute atomic E-state index is 5.52. The molecule has 15 heavy (non-hydrogen) atoms. The Hall–Kier alpha value is -0.750. The second-order valence-electron chi connectivity index (χ2n) is 4.30. The molecule has 82 valence electrons. The largest absolute Gasteiger partial charge is 0.265 e. The van der Waals surface area contributed by atoms with Crippen LogP contribution in [0, 0.1) is 5.41 Å². The summed E-state index contributed by atoms with van der Waals surface area (Å²) < 4.78 is 1.64. The van der Waals surface area contributed by atoms with E-state index in [0.29, 0.717) is 5.95 Å². The van der Waals surface area contributed by atoms with Crippen molar-refractivity contribution in [2.24, 2.45) is 10.5 Å². The first-order valence-corrected chi connectivity index (χ1v) is 5.92. The molecule has 0 bridgehead atoms. The summed E-state index contributed by atoms with van der Waals surface area (Å²) >= 11 is 7.14. The summed E-state index contributed by atoms with van der Waals surface area (Å²) in [6.07, 6.45) is 0. The van der Waals surface area contributed by atoms with Gasteiger partial charge in [0.1, 0.15) is 0 Å². The Labute approximate surface area is 97.4 Å². The topological polar surface area (TPSA) is 55.1 Å². The zero-order valence-electron chi connectivity index (χ0n) is 8.78. The highest BCUT2D eigenvalue weighted by Gasteiger charge is 2.25. The van der Waals surface area contributed by atoms with Crippen LogP contribution in [0.25, 0.3) is 0 Å². The van der Waals surface area contributed by atoms with Crippen molar-refractivity contribution in [1.29, 1.82) is 0 Å². The average molecular weight is 246 g/mol. The minimum absolute atomic E-state index is 0.0541. The van der Waals surface area contributed by atoms with Crippen LogP contribution in [-0.2, 0) is 0 Å². The van der Waals surface area contributed by atoms with Crippen LogP contribution in [0.5, 0.6) is 0 Å². The molecule has 2 rings (SSSR count). The van der Waals surface area contributed by atoms with E-state index < -0.39 is 0 Å². The van der Waals surface area contributed by atoms with Gasteiger partial charge in [0, 0.05) is 22.9 Å². The zero-order chi connectivity index (χ0) is 11.1. The van der Waals surface area contributed by atoms with E-state index >= 15 is 0 Å². The average Bonchev–Trinajstić information content (AvgIpc) is 2.57. The summed E-state index contributed by atoms with van der Waals surface area (Å²) in [7, 11) is 0. The maximum Gasteiger partial charge on any atom is 0.261 e. The number of nitrogens with zero attached hydrogens (tertiary/aromatic N) is 4. The summed E-state index contributed by atoms with van der Waals surface area (Å²) in [5.74, 6) is 1.31. The molecule has 1 aromatic heterocycles. The van der Waals surface area contributed by atoms with Crippen LogP contribution in [0.1, 0.15) is 20.8 Å². The predicted molar refractivity (Wildman–Crippen MR) is 62.5 cm³/mol. The molecule has 0 atom stereocenters. The lowest BCUT2D eigenvalue weighted by atomic mass is 9.91. The summed E-state index contributed by atoms with van der Waals surface area (Å²) in [5.41, 5.74) is 1.16. The van der Waals surface area contributed by atoms with Gasteiger partial charge in [0.25, 0.3) is 5.95 Å². The van der Waals surface area contributed by atoms with Crippen LogP contribution in [0.4, 0.5) is 5.95 Å². The molecule has 7 heteroatoms. The molecule has 0 amide bonds. The normalized spacial score (nSPS) is 15.9. The Morgan fingerprint density at radius 2 is 2.13 bits per heavy atom. The monoisotopic (exact) mass is 245 g/mol. The van der Waals surface area contributed by atoms with Gasteiger partial charge in [-0.25, -0.2) is 0 Å². The predicted octanol–water partition coefficient (Wildman–Crippen LogP) is 2.20. The molecule has 2 heterocycles. The first kappa shape index (κ1) is 10.8. The van der Waals surface area contributed by atoms with Gasteiger partial charge in [-0.2, -0.15) is 9.78 Å². The Morgan fingerprint density at radius 3 is 2.73 bits per heavy atom. The molecule has 1 aliphatic rings. The number of hydrogen-bond donors (Lipinski definition) is 1. The molecule has 5 nitrogen and oxygen atoms in total. The Morgan fingerprint density at radius 1 is 1.40 bits per heavy atom. The third kappa shape index (κ3) is 1.96. The maximum atomic E-state index is 5.52. The van der Waals surface area contributed by atoms with Crippen LogP contribution in [-0.4, -0.2) is 26.3 Å². The van der Waals surface area contributed by atoms with Gasteiger partial charge >= 0.3 is 0 Å². The molecule has 0 fully saturated rings. The molecule has 1 aliphatic heterocycles. The van der Waals surface area contributed by atoms with E-state index in [4.69, 9.17) is 11.8 Å². The van der Waals surface area contributed by atoms with Gasteiger partial charge in [0.15, 0.2) is 0 Å². The van der Waals surface area contributed by atoms with Crippen LogP contribution in [0.3, 0.4) is 0 Å². The fraction of sp³-hybridized carbons (Fsp3) is 0.625. The summed E-state index contributed by atoms with van der Waals surface area (Å²) in [6.45, 7) is 6.40. The summed E-state index contributed by atoms with van der Waals surface area (Å²) in [5, 5.41) is 13.1. The van der Waals surface area contributed by atoms with E-state index in [1.807, 2.05) is 0 Å². The second-order valence-corrected chi connectivity index (χ2v) is 5.43. The summed E-state index contributed by atoms with van der Waals surface area (Å²) in [6, 6.07) is 0. The van der Waals surface area contributed by atoms with Crippen molar-refractivity contribution in [3.05, 3.63) is 0 Å². The quantitative estimate of drug-likeness (QED) is 0.771. The third-order valence-corrected chi connectivity index (χ3v) is 3.22. The fourth-order valence-corrected chi connectivity index (χ4v) is 2.38. The fourth-order valence-electron chi connectivity index (χ4n) is 1.15. The Balaban J connectivity index is 2.43. The SMILES string of the molecule is CC(C)(C)C1=Nn2c(NCl)nnc2SC1. The molecule has 1 aromatic rings. The van der Waals surface area contributed by atoms with Gasteiger partial charge < -0.3 is 0 Å². The molecular formula is C8H12ClN5S. The van der Waals surface area contributed by atoms with Crippen molar-refractivity contribution >= 4 is 35.2 Å². The van der Waals surface area contributed by atoms with Crippen molar-refractivity contribution in [3.63, 3.8) is 0 Å². The van der Waals surface area contributed by atoms with E-state index in [1.54, 1.807) is 16.4 Å². The molecule has 0 spiro atoms. The van der Waals surface area contributed by atoms with Crippen molar-refractivity contribution in [2.75, 3.05) is 10.6 Å². The molecule has 0 saturated carbocycles. The lowest BCUT2D eigenvalue weighted by Gasteiger charge is -2.23. The molecule has 0 unspecified atom stereocenters. The number of halogens is 1. The van der Waals surface area contributed by atoms with Gasteiger partial charge in [0.2, 0.25) is 5.16 Å². The van der Waals surface area contributed by atoms with E-state index in [1.165, 1.54) is 0 Å². The van der Waals surface area contributed by atoms with Crippen LogP contribution in [0.2, 0.25) is 0 Å². The minimum Gasteiger partial charge on any atom is -0.265 e. The van der Waals surface area contributed by atoms with Gasteiger partial charge in [-0.1, -0.05) is 32.5 Å². The number of thioether (sulfide) groups is 1. The van der Waals surface area contributed by atoms with Crippen LogP contribution < -0.4 is 4.84 Å². The van der Waals surface area contributed by atoms with Crippen molar-refractivity contribution < 1.29 is 0 Å². The van der Waals surface area contributed by atoms with Crippen molar-refractivity contribution in [2.45, 2.75) is 25.9 Å². The zero-order valence-corrected chi connectivity index (χ0v) is 10.4. The molecule has 0 radical (unpaired) electrons. The number of fused-ring (bicyclic) bond motifs is 1. The number of nitrogens with one attached hydrogen (secondary N) is 1. The smallest absolute Gasteiger partial charge is 0.261 e. The first-order chi connectivity index (χ1) is 7.02. The van der Waals surface area contributed by atoms with Crippen molar-refractivity contribution in [3.8, 4) is 0 Å². The number of anilines is 1.